The molecule has 0 aromatic heterocycles. The Hall–Kier alpha value is -1.52. The van der Waals surface area contributed by atoms with Crippen LogP contribution in [0, 0.1) is 0 Å². The number of hydrogen-bond donors (Lipinski definition) is 3. The third-order valence-electron chi connectivity index (χ3n) is 2.01. The molecule has 0 unspecified atom stereocenters. The maximum absolute atomic E-state index is 11.3. The van der Waals surface area contributed by atoms with Crippen LogP contribution in [-0.2, 0) is 4.79 Å². The Bertz CT molecular complexity index is 252. The van der Waals surface area contributed by atoms with Crippen LogP contribution in [0.2, 0.25) is 0 Å². The van der Waals surface area contributed by atoms with Gasteiger partial charge in [-0.15, -0.1) is 0 Å². The minimum Gasteiger partial charge on any atom is -0.480 e. The number of urea groups is 1. The van der Waals surface area contributed by atoms with Gasteiger partial charge >= 0.3 is 12.0 Å². The summed E-state index contributed by atoms with van der Waals surface area (Å²) in [6, 6.07) is -1.22. The lowest BCUT2D eigenvalue weighted by Gasteiger charge is -2.13. The number of nitrogens with one attached hydrogen (secondary N) is 2. The molecular formula is C11H20N2O3. The summed E-state index contributed by atoms with van der Waals surface area (Å²) in [4.78, 5) is 22.0. The van der Waals surface area contributed by atoms with Crippen molar-refractivity contribution in [1.82, 2.24) is 10.6 Å². The molecule has 0 aliphatic rings. The molecule has 0 aliphatic heterocycles. The number of allylic oxidation sites excluding steroid dienone is 1. The standard InChI is InChI=1S/C11H20N2O3/c1-3-5-6-8-12-11(16)13-9(7-4-2)10(14)15/h3,5,9H,4,6-8H2,1-2H3,(H,14,15)(H2,12,13,16)/b5-3+/t9-/m1/s1. The zero-order valence-electron chi connectivity index (χ0n) is 9.82. The molecule has 0 aliphatic carbocycles. The van der Waals surface area contributed by atoms with Crippen LogP contribution in [0.15, 0.2) is 12.2 Å². The summed E-state index contributed by atoms with van der Waals surface area (Å²) in [6.07, 6.45) is 5.74. The summed E-state index contributed by atoms with van der Waals surface area (Å²) in [5.74, 6) is -0.995. The minimum absolute atomic E-state index is 0.426. The Morgan fingerprint density at radius 3 is 2.62 bits per heavy atom. The number of carbonyl (C=O) groups excluding carboxylic acids is 1. The van der Waals surface area contributed by atoms with Gasteiger partial charge in [-0.25, -0.2) is 9.59 Å². The molecule has 0 radical (unpaired) electrons. The molecular weight excluding hydrogens is 208 g/mol. The zero-order chi connectivity index (χ0) is 12.4. The lowest BCUT2D eigenvalue weighted by atomic mass is 10.2. The molecule has 0 saturated heterocycles. The van der Waals surface area contributed by atoms with Gasteiger partial charge in [-0.3, -0.25) is 0 Å². The summed E-state index contributed by atoms with van der Waals surface area (Å²) in [5.41, 5.74) is 0. The number of rotatable bonds is 7. The molecule has 0 aromatic rings. The fourth-order valence-corrected chi connectivity index (χ4v) is 1.19. The number of aliphatic carboxylic acids is 1. The fraction of sp³-hybridized carbons (Fsp3) is 0.636. The number of carboxylic acids is 1. The van der Waals surface area contributed by atoms with Crippen molar-refractivity contribution in [2.24, 2.45) is 0 Å². The van der Waals surface area contributed by atoms with Gasteiger partial charge in [0.15, 0.2) is 0 Å². The lowest BCUT2D eigenvalue weighted by molar-refractivity contribution is -0.139. The maximum Gasteiger partial charge on any atom is 0.326 e. The molecule has 0 rings (SSSR count). The Morgan fingerprint density at radius 1 is 1.44 bits per heavy atom. The highest BCUT2D eigenvalue weighted by Gasteiger charge is 2.17. The average molecular weight is 228 g/mol. The second-order valence-corrected chi connectivity index (χ2v) is 3.44. The van der Waals surface area contributed by atoms with E-state index in [0.717, 1.165) is 12.8 Å². The highest BCUT2D eigenvalue weighted by molar-refractivity contribution is 5.82. The van der Waals surface area contributed by atoms with E-state index in [1.807, 2.05) is 26.0 Å². The highest BCUT2D eigenvalue weighted by atomic mass is 16.4. The van der Waals surface area contributed by atoms with Crippen LogP contribution in [-0.4, -0.2) is 29.7 Å². The first-order chi connectivity index (χ1) is 7.61. The highest BCUT2D eigenvalue weighted by Crippen LogP contribution is 1.96. The van der Waals surface area contributed by atoms with Crippen molar-refractivity contribution >= 4 is 12.0 Å². The quantitative estimate of drug-likeness (QED) is 0.456. The largest absolute Gasteiger partial charge is 0.480 e. The van der Waals surface area contributed by atoms with Crippen LogP contribution in [0.1, 0.15) is 33.1 Å². The van der Waals surface area contributed by atoms with E-state index >= 15 is 0 Å². The van der Waals surface area contributed by atoms with Crippen LogP contribution >= 0.6 is 0 Å². The molecule has 16 heavy (non-hydrogen) atoms. The van der Waals surface area contributed by atoms with Crippen LogP contribution in [0.5, 0.6) is 0 Å². The second kappa shape index (κ2) is 8.76. The molecule has 92 valence electrons. The van der Waals surface area contributed by atoms with E-state index in [4.69, 9.17) is 5.11 Å². The van der Waals surface area contributed by atoms with Crippen LogP contribution in [0.4, 0.5) is 4.79 Å². The van der Waals surface area contributed by atoms with Gasteiger partial charge in [0.05, 0.1) is 0 Å². The summed E-state index contributed by atoms with van der Waals surface area (Å²) < 4.78 is 0. The number of hydrogen-bond acceptors (Lipinski definition) is 2. The molecule has 0 heterocycles. The normalized spacial score (nSPS) is 12.4. The number of carbonyl (C=O) groups is 2. The van der Waals surface area contributed by atoms with E-state index in [2.05, 4.69) is 10.6 Å². The Balaban J connectivity index is 3.86. The van der Waals surface area contributed by atoms with Gasteiger partial charge < -0.3 is 15.7 Å². The molecule has 5 heteroatoms. The van der Waals surface area contributed by atoms with E-state index in [1.165, 1.54) is 0 Å². The predicted octanol–water partition coefficient (Wildman–Crippen LogP) is 1.51. The van der Waals surface area contributed by atoms with E-state index in [1.54, 1.807) is 0 Å². The maximum atomic E-state index is 11.3. The predicted molar refractivity (Wildman–Crippen MR) is 62.3 cm³/mol. The first kappa shape index (κ1) is 14.5. The average Bonchev–Trinajstić information content (AvgIpc) is 2.23. The van der Waals surface area contributed by atoms with E-state index in [9.17, 15) is 9.59 Å². The van der Waals surface area contributed by atoms with E-state index in [-0.39, 0.29) is 0 Å². The van der Waals surface area contributed by atoms with E-state index < -0.39 is 18.0 Å². The summed E-state index contributed by atoms with van der Waals surface area (Å²) in [6.45, 7) is 4.29. The number of amides is 2. The minimum atomic E-state index is -0.995. The number of carboxylic acid groups (broad SMARTS) is 1. The van der Waals surface area contributed by atoms with Crippen molar-refractivity contribution in [2.75, 3.05) is 6.54 Å². The van der Waals surface area contributed by atoms with Gasteiger partial charge in [-0.2, -0.15) is 0 Å². The molecule has 5 nitrogen and oxygen atoms in total. The van der Waals surface area contributed by atoms with Crippen molar-refractivity contribution < 1.29 is 14.7 Å². The van der Waals surface area contributed by atoms with Gasteiger partial charge in [0.1, 0.15) is 6.04 Å². The Labute approximate surface area is 95.9 Å². The zero-order valence-corrected chi connectivity index (χ0v) is 9.82. The van der Waals surface area contributed by atoms with Gasteiger partial charge in [0.2, 0.25) is 0 Å². The Morgan fingerprint density at radius 2 is 2.12 bits per heavy atom. The third kappa shape index (κ3) is 6.86. The third-order valence-corrected chi connectivity index (χ3v) is 2.01. The first-order valence-electron chi connectivity index (χ1n) is 5.50. The van der Waals surface area contributed by atoms with Crippen molar-refractivity contribution in [3.63, 3.8) is 0 Å². The first-order valence-corrected chi connectivity index (χ1v) is 5.50. The topological polar surface area (TPSA) is 78.4 Å². The molecule has 3 N–H and O–H groups in total. The van der Waals surface area contributed by atoms with Crippen LogP contribution in [0.25, 0.3) is 0 Å². The van der Waals surface area contributed by atoms with Gasteiger partial charge in [0, 0.05) is 6.54 Å². The summed E-state index contributed by atoms with van der Waals surface area (Å²) in [5, 5.41) is 13.8. The molecule has 0 spiro atoms. The van der Waals surface area contributed by atoms with Gasteiger partial charge in [0.25, 0.3) is 0 Å². The van der Waals surface area contributed by atoms with Crippen LogP contribution < -0.4 is 10.6 Å². The van der Waals surface area contributed by atoms with E-state index in [0.29, 0.717) is 13.0 Å². The molecule has 0 fully saturated rings. The Kier molecular flexibility index (Phi) is 7.93. The van der Waals surface area contributed by atoms with Crippen molar-refractivity contribution in [3.8, 4) is 0 Å². The van der Waals surface area contributed by atoms with Crippen LogP contribution in [0.3, 0.4) is 0 Å². The molecule has 0 saturated carbocycles. The fourth-order valence-electron chi connectivity index (χ4n) is 1.19. The molecule has 0 aromatic carbocycles. The monoisotopic (exact) mass is 228 g/mol. The smallest absolute Gasteiger partial charge is 0.326 e. The molecule has 0 bridgehead atoms. The van der Waals surface area contributed by atoms with Crippen molar-refractivity contribution in [2.45, 2.75) is 39.2 Å². The van der Waals surface area contributed by atoms with Gasteiger partial charge in [-0.1, -0.05) is 25.5 Å². The summed E-state index contributed by atoms with van der Waals surface area (Å²) in [7, 11) is 0. The van der Waals surface area contributed by atoms with Crippen molar-refractivity contribution in [3.05, 3.63) is 12.2 Å². The second-order valence-electron chi connectivity index (χ2n) is 3.44. The molecule has 2 amide bonds. The van der Waals surface area contributed by atoms with Crippen molar-refractivity contribution in [1.29, 1.82) is 0 Å². The summed E-state index contributed by atoms with van der Waals surface area (Å²) >= 11 is 0. The lowest BCUT2D eigenvalue weighted by Crippen LogP contribution is -2.46. The molecule has 1 atom stereocenters. The van der Waals surface area contributed by atoms with Gasteiger partial charge in [-0.05, 0) is 19.8 Å². The SMILES string of the molecule is C/C=C/CCNC(=O)N[C@H](CCC)C(=O)O.